The molecule has 2 aromatic heterocycles. The lowest BCUT2D eigenvalue weighted by Crippen LogP contribution is -2.10. The van der Waals surface area contributed by atoms with Crippen LogP contribution in [0.1, 0.15) is 34.8 Å². The maximum absolute atomic E-state index is 11.9. The topological polar surface area (TPSA) is 42.0 Å². The summed E-state index contributed by atoms with van der Waals surface area (Å²) in [6, 6.07) is 1.88. The second kappa shape index (κ2) is 4.66. The quantitative estimate of drug-likeness (QED) is 0.825. The van der Waals surface area contributed by atoms with E-state index in [1.54, 1.807) is 11.3 Å². The average molecular weight is 376 g/mol. The van der Waals surface area contributed by atoms with Gasteiger partial charge in [-0.15, -0.1) is 22.7 Å². The third kappa shape index (κ3) is 2.69. The summed E-state index contributed by atoms with van der Waals surface area (Å²) in [5.74, 6) is 0.569. The Labute approximate surface area is 120 Å². The molecule has 0 unspecified atom stereocenters. The fraction of sp³-hybridized carbons (Fsp3) is 0.273. The van der Waals surface area contributed by atoms with Crippen LogP contribution in [0.2, 0.25) is 0 Å². The van der Waals surface area contributed by atoms with Crippen LogP contribution in [0.4, 0.5) is 5.13 Å². The largest absolute Gasteiger partial charge is 0.298 e. The highest BCUT2D eigenvalue weighted by Gasteiger charge is 2.26. The molecule has 17 heavy (non-hydrogen) atoms. The molecule has 3 nitrogen and oxygen atoms in total. The number of hydrogen-bond acceptors (Lipinski definition) is 4. The predicted octanol–water partition coefficient (Wildman–Crippen LogP) is 3.94. The number of thiazole rings is 1. The number of hydrogen-bond donors (Lipinski definition) is 1. The highest BCUT2D eigenvalue weighted by Crippen LogP contribution is 2.40. The van der Waals surface area contributed by atoms with Crippen molar-refractivity contribution in [2.24, 2.45) is 0 Å². The van der Waals surface area contributed by atoms with Crippen LogP contribution in [0.15, 0.2) is 16.8 Å². The Balaban J connectivity index is 1.71. The zero-order valence-corrected chi connectivity index (χ0v) is 12.6. The minimum absolute atomic E-state index is 0.0686. The second-order valence-electron chi connectivity index (χ2n) is 3.95. The molecule has 0 atom stereocenters. The van der Waals surface area contributed by atoms with Gasteiger partial charge in [0.15, 0.2) is 5.13 Å². The van der Waals surface area contributed by atoms with E-state index in [-0.39, 0.29) is 5.91 Å². The monoisotopic (exact) mass is 376 g/mol. The standard InChI is InChI=1S/C11H9IN2OS2/c12-9-3-7(4-16-9)10(15)14-11-13-8(5-17-11)6-1-2-6/h3-6H,1-2H2,(H,13,14,15). The summed E-state index contributed by atoms with van der Waals surface area (Å²) in [5.41, 5.74) is 1.84. The first-order valence-corrected chi connectivity index (χ1v) is 8.07. The van der Waals surface area contributed by atoms with Crippen LogP contribution in [-0.2, 0) is 0 Å². The normalized spacial score (nSPS) is 14.9. The Bertz CT molecular complexity index is 559. The summed E-state index contributed by atoms with van der Waals surface area (Å²) in [7, 11) is 0. The first kappa shape index (κ1) is 11.6. The van der Waals surface area contributed by atoms with Gasteiger partial charge in [0.2, 0.25) is 0 Å². The first-order valence-electron chi connectivity index (χ1n) is 5.23. The minimum atomic E-state index is -0.0686. The van der Waals surface area contributed by atoms with E-state index in [0.29, 0.717) is 16.6 Å². The van der Waals surface area contributed by atoms with Crippen LogP contribution in [0.5, 0.6) is 0 Å². The summed E-state index contributed by atoms with van der Waals surface area (Å²) in [4.78, 5) is 16.3. The predicted molar refractivity (Wildman–Crippen MR) is 79.1 cm³/mol. The lowest BCUT2D eigenvalue weighted by atomic mass is 10.3. The van der Waals surface area contributed by atoms with Gasteiger partial charge in [0.25, 0.3) is 5.91 Å². The van der Waals surface area contributed by atoms with E-state index in [9.17, 15) is 4.79 Å². The molecule has 0 saturated heterocycles. The molecule has 88 valence electrons. The van der Waals surface area contributed by atoms with E-state index in [1.165, 1.54) is 24.2 Å². The molecule has 1 saturated carbocycles. The molecule has 2 heterocycles. The fourth-order valence-electron chi connectivity index (χ4n) is 1.51. The number of amides is 1. The molecule has 0 bridgehead atoms. The van der Waals surface area contributed by atoms with Crippen LogP contribution >= 0.6 is 45.3 Å². The number of aromatic nitrogens is 1. The summed E-state index contributed by atoms with van der Waals surface area (Å²) >= 11 is 5.29. The van der Waals surface area contributed by atoms with E-state index < -0.39 is 0 Å². The van der Waals surface area contributed by atoms with E-state index in [1.807, 2.05) is 16.8 Å². The van der Waals surface area contributed by atoms with Crippen LogP contribution in [-0.4, -0.2) is 10.9 Å². The van der Waals surface area contributed by atoms with E-state index in [0.717, 1.165) is 8.58 Å². The van der Waals surface area contributed by atoms with Gasteiger partial charge in [0, 0.05) is 16.7 Å². The van der Waals surface area contributed by atoms with Gasteiger partial charge in [-0.05, 0) is 41.5 Å². The Morgan fingerprint density at radius 2 is 2.24 bits per heavy atom. The molecule has 0 aliphatic heterocycles. The lowest BCUT2D eigenvalue weighted by Gasteiger charge is -1.97. The van der Waals surface area contributed by atoms with Crippen molar-refractivity contribution in [3.05, 3.63) is 31.0 Å². The van der Waals surface area contributed by atoms with E-state index in [4.69, 9.17) is 0 Å². The van der Waals surface area contributed by atoms with Crippen molar-refractivity contribution in [2.75, 3.05) is 5.32 Å². The van der Waals surface area contributed by atoms with Gasteiger partial charge in [-0.25, -0.2) is 4.98 Å². The summed E-state index contributed by atoms with van der Waals surface area (Å²) in [6.07, 6.45) is 2.47. The summed E-state index contributed by atoms with van der Waals surface area (Å²) < 4.78 is 1.12. The molecule has 2 aromatic rings. The molecular weight excluding hydrogens is 367 g/mol. The van der Waals surface area contributed by atoms with Crippen molar-refractivity contribution < 1.29 is 4.79 Å². The molecule has 1 N–H and O–H groups in total. The van der Waals surface area contributed by atoms with Crippen molar-refractivity contribution in [3.8, 4) is 0 Å². The van der Waals surface area contributed by atoms with Crippen LogP contribution in [0.3, 0.4) is 0 Å². The molecule has 3 rings (SSSR count). The van der Waals surface area contributed by atoms with Crippen LogP contribution in [0, 0.1) is 2.88 Å². The van der Waals surface area contributed by atoms with Crippen molar-refractivity contribution in [2.45, 2.75) is 18.8 Å². The molecule has 1 amide bonds. The maximum atomic E-state index is 11.9. The first-order chi connectivity index (χ1) is 8.22. The molecule has 1 aliphatic rings. The van der Waals surface area contributed by atoms with Crippen molar-refractivity contribution in [1.82, 2.24) is 4.98 Å². The van der Waals surface area contributed by atoms with E-state index in [2.05, 4.69) is 32.9 Å². The molecular formula is C11H9IN2OS2. The van der Waals surface area contributed by atoms with Crippen molar-refractivity contribution in [3.63, 3.8) is 0 Å². The molecule has 0 aromatic carbocycles. The third-order valence-electron chi connectivity index (χ3n) is 2.57. The number of carbonyl (C=O) groups is 1. The Hall–Kier alpha value is -0.470. The maximum Gasteiger partial charge on any atom is 0.258 e. The Kier molecular flexibility index (Phi) is 3.18. The Morgan fingerprint density at radius 1 is 1.41 bits per heavy atom. The van der Waals surface area contributed by atoms with Crippen molar-refractivity contribution >= 4 is 56.3 Å². The van der Waals surface area contributed by atoms with Crippen molar-refractivity contribution in [1.29, 1.82) is 0 Å². The second-order valence-corrected chi connectivity index (χ2v) is 7.61. The van der Waals surface area contributed by atoms with Gasteiger partial charge in [-0.3, -0.25) is 10.1 Å². The number of halogens is 1. The van der Waals surface area contributed by atoms with Crippen LogP contribution in [0.25, 0.3) is 0 Å². The van der Waals surface area contributed by atoms with Gasteiger partial charge in [-0.1, -0.05) is 0 Å². The number of carbonyl (C=O) groups excluding carboxylic acids is 1. The Morgan fingerprint density at radius 3 is 2.88 bits per heavy atom. The van der Waals surface area contributed by atoms with Gasteiger partial charge in [0.1, 0.15) is 0 Å². The average Bonchev–Trinajstić information content (AvgIpc) is 2.90. The third-order valence-corrected chi connectivity index (χ3v) is 5.13. The lowest BCUT2D eigenvalue weighted by molar-refractivity contribution is 0.102. The summed E-state index contributed by atoms with van der Waals surface area (Å²) in [6.45, 7) is 0. The van der Waals surface area contributed by atoms with Gasteiger partial charge in [-0.2, -0.15) is 0 Å². The molecule has 6 heteroatoms. The number of rotatable bonds is 3. The molecule has 1 fully saturated rings. The number of thiophene rings is 1. The number of anilines is 1. The minimum Gasteiger partial charge on any atom is -0.298 e. The highest BCUT2D eigenvalue weighted by atomic mass is 127. The molecule has 0 radical (unpaired) electrons. The zero-order chi connectivity index (χ0) is 11.8. The summed E-state index contributed by atoms with van der Waals surface area (Å²) in [5, 5.41) is 7.47. The fourth-order valence-corrected chi connectivity index (χ4v) is 3.62. The number of nitrogens with zero attached hydrogens (tertiary/aromatic N) is 1. The molecule has 0 spiro atoms. The number of nitrogens with one attached hydrogen (secondary N) is 1. The smallest absolute Gasteiger partial charge is 0.258 e. The SMILES string of the molecule is O=C(Nc1nc(C2CC2)cs1)c1csc(I)c1. The highest BCUT2D eigenvalue weighted by molar-refractivity contribution is 14.1. The van der Waals surface area contributed by atoms with Gasteiger partial charge >= 0.3 is 0 Å². The molecule has 1 aliphatic carbocycles. The van der Waals surface area contributed by atoms with Crippen LogP contribution < -0.4 is 5.32 Å². The zero-order valence-electron chi connectivity index (χ0n) is 8.77. The van der Waals surface area contributed by atoms with Gasteiger partial charge < -0.3 is 0 Å². The van der Waals surface area contributed by atoms with E-state index >= 15 is 0 Å². The van der Waals surface area contributed by atoms with Gasteiger partial charge in [0.05, 0.1) is 14.1 Å².